The van der Waals surface area contributed by atoms with Crippen LogP contribution in [0.25, 0.3) is 0 Å². The molecule has 20 heavy (non-hydrogen) atoms. The van der Waals surface area contributed by atoms with Crippen molar-refractivity contribution < 1.29 is 23.8 Å². The third-order valence-corrected chi connectivity index (χ3v) is 2.42. The van der Waals surface area contributed by atoms with Gasteiger partial charge in [0.1, 0.15) is 5.82 Å². The zero-order valence-corrected chi connectivity index (χ0v) is 11.1. The second-order valence-electron chi connectivity index (χ2n) is 3.93. The van der Waals surface area contributed by atoms with Crippen LogP contribution in [0.5, 0.6) is 0 Å². The van der Waals surface area contributed by atoms with Gasteiger partial charge in [-0.1, -0.05) is 0 Å². The number of carbonyl (C=O) groups is 2. The van der Waals surface area contributed by atoms with Gasteiger partial charge in [-0.25, -0.2) is 14.0 Å². The van der Waals surface area contributed by atoms with Gasteiger partial charge in [0.2, 0.25) is 0 Å². The summed E-state index contributed by atoms with van der Waals surface area (Å²) in [7, 11) is 0. The van der Waals surface area contributed by atoms with Crippen molar-refractivity contribution >= 4 is 17.7 Å². The number of hydrogen-bond acceptors (Lipinski definition) is 3. The fraction of sp³-hybridized carbons (Fsp3) is 0.385. The number of benzene rings is 1. The van der Waals surface area contributed by atoms with E-state index in [2.05, 4.69) is 10.6 Å². The summed E-state index contributed by atoms with van der Waals surface area (Å²) in [4.78, 5) is 22.5. The Labute approximate surface area is 115 Å². The largest absolute Gasteiger partial charge is 0.478 e. The molecular weight excluding hydrogens is 267 g/mol. The number of nitrogens with one attached hydrogen (secondary N) is 2. The van der Waals surface area contributed by atoms with Crippen LogP contribution in [0.2, 0.25) is 0 Å². The highest BCUT2D eigenvalue weighted by atomic mass is 19.1. The molecule has 3 N–H and O–H groups in total. The van der Waals surface area contributed by atoms with Gasteiger partial charge in [0, 0.05) is 19.8 Å². The molecule has 0 saturated carbocycles. The number of anilines is 1. The van der Waals surface area contributed by atoms with Crippen LogP contribution < -0.4 is 10.6 Å². The number of carboxylic acid groups (broad SMARTS) is 1. The third-order valence-electron chi connectivity index (χ3n) is 2.42. The lowest BCUT2D eigenvalue weighted by atomic mass is 10.2. The first-order valence-corrected chi connectivity index (χ1v) is 6.20. The van der Waals surface area contributed by atoms with Crippen molar-refractivity contribution in [3.05, 3.63) is 29.6 Å². The molecule has 110 valence electrons. The minimum atomic E-state index is -1.24. The third kappa shape index (κ3) is 5.23. The van der Waals surface area contributed by atoms with Gasteiger partial charge in [-0.2, -0.15) is 0 Å². The molecule has 0 spiro atoms. The Morgan fingerprint density at radius 1 is 1.40 bits per heavy atom. The van der Waals surface area contributed by atoms with E-state index in [0.717, 1.165) is 18.2 Å². The molecule has 0 radical (unpaired) electrons. The number of urea groups is 1. The average molecular weight is 284 g/mol. The second kappa shape index (κ2) is 8.11. The topological polar surface area (TPSA) is 87.7 Å². The number of carbonyl (C=O) groups excluding carboxylic acids is 1. The van der Waals surface area contributed by atoms with Gasteiger partial charge in [-0.15, -0.1) is 0 Å². The van der Waals surface area contributed by atoms with Crippen LogP contribution in [0.1, 0.15) is 23.7 Å². The molecular formula is C13H17FN2O4. The fourth-order valence-electron chi connectivity index (χ4n) is 1.49. The number of carboxylic acids is 1. The molecule has 1 rings (SSSR count). The first-order valence-electron chi connectivity index (χ1n) is 6.20. The van der Waals surface area contributed by atoms with Crippen LogP contribution in [-0.4, -0.2) is 36.9 Å². The van der Waals surface area contributed by atoms with Crippen LogP contribution in [0.3, 0.4) is 0 Å². The van der Waals surface area contributed by atoms with E-state index in [1.54, 1.807) is 0 Å². The molecule has 0 aliphatic rings. The summed E-state index contributed by atoms with van der Waals surface area (Å²) in [5.41, 5.74) is -0.254. The Bertz CT molecular complexity index is 479. The van der Waals surface area contributed by atoms with Gasteiger partial charge >= 0.3 is 12.0 Å². The Morgan fingerprint density at radius 2 is 2.15 bits per heavy atom. The van der Waals surface area contributed by atoms with E-state index in [1.165, 1.54) is 0 Å². The number of rotatable bonds is 7. The highest BCUT2D eigenvalue weighted by Crippen LogP contribution is 2.17. The normalized spacial score (nSPS) is 10.1. The van der Waals surface area contributed by atoms with Gasteiger partial charge in [-0.05, 0) is 31.5 Å². The molecule has 0 unspecified atom stereocenters. The number of aromatic carboxylic acids is 1. The summed E-state index contributed by atoms with van der Waals surface area (Å²) >= 11 is 0. The van der Waals surface area contributed by atoms with Crippen LogP contribution in [0, 0.1) is 5.82 Å². The summed E-state index contributed by atoms with van der Waals surface area (Å²) < 4.78 is 18.2. The molecule has 6 nitrogen and oxygen atoms in total. The van der Waals surface area contributed by atoms with Crippen molar-refractivity contribution in [1.82, 2.24) is 5.32 Å². The summed E-state index contributed by atoms with van der Waals surface area (Å²) in [5.74, 6) is -1.86. The molecule has 0 bridgehead atoms. The SMILES string of the molecule is CCOCCCNC(=O)Nc1cc(F)ccc1C(=O)O. The smallest absolute Gasteiger partial charge is 0.337 e. The minimum Gasteiger partial charge on any atom is -0.478 e. The number of halogens is 1. The molecule has 7 heteroatoms. The molecule has 2 amide bonds. The van der Waals surface area contributed by atoms with E-state index in [1.807, 2.05) is 6.92 Å². The quantitative estimate of drug-likeness (QED) is 0.669. The van der Waals surface area contributed by atoms with E-state index in [9.17, 15) is 14.0 Å². The summed E-state index contributed by atoms with van der Waals surface area (Å²) in [5, 5.41) is 13.8. The summed E-state index contributed by atoms with van der Waals surface area (Å²) in [6, 6.07) is 2.50. The number of amides is 2. The van der Waals surface area contributed by atoms with Gasteiger partial charge in [-0.3, -0.25) is 0 Å². The van der Waals surface area contributed by atoms with Gasteiger partial charge in [0.15, 0.2) is 0 Å². The lowest BCUT2D eigenvalue weighted by Crippen LogP contribution is -2.30. The van der Waals surface area contributed by atoms with E-state index in [0.29, 0.717) is 26.2 Å². The van der Waals surface area contributed by atoms with E-state index < -0.39 is 17.8 Å². The van der Waals surface area contributed by atoms with Gasteiger partial charge in [0.25, 0.3) is 0 Å². The summed E-state index contributed by atoms with van der Waals surface area (Å²) in [6.45, 7) is 3.38. The lowest BCUT2D eigenvalue weighted by molar-refractivity contribution is 0.0698. The molecule has 0 heterocycles. The van der Waals surface area contributed by atoms with Crippen molar-refractivity contribution in [3.63, 3.8) is 0 Å². The number of ether oxygens (including phenoxy) is 1. The van der Waals surface area contributed by atoms with Crippen LogP contribution in [0.4, 0.5) is 14.9 Å². The minimum absolute atomic E-state index is 0.0835. The van der Waals surface area contributed by atoms with Gasteiger partial charge < -0.3 is 20.5 Å². The highest BCUT2D eigenvalue weighted by molar-refractivity contribution is 5.99. The predicted octanol–water partition coefficient (Wildman–Crippen LogP) is 2.07. The Hall–Kier alpha value is -2.15. The Kier molecular flexibility index (Phi) is 6.45. The zero-order valence-electron chi connectivity index (χ0n) is 11.1. The first kappa shape index (κ1) is 15.9. The number of hydrogen-bond donors (Lipinski definition) is 3. The second-order valence-corrected chi connectivity index (χ2v) is 3.93. The van der Waals surface area contributed by atoms with Crippen molar-refractivity contribution in [2.45, 2.75) is 13.3 Å². The molecule has 0 aromatic heterocycles. The fourth-order valence-corrected chi connectivity index (χ4v) is 1.49. The predicted molar refractivity (Wildman–Crippen MR) is 71.5 cm³/mol. The maximum atomic E-state index is 13.1. The van der Waals surface area contributed by atoms with Crippen molar-refractivity contribution in [2.24, 2.45) is 0 Å². The molecule has 0 saturated heterocycles. The molecule has 0 atom stereocenters. The molecule has 1 aromatic carbocycles. The van der Waals surface area contributed by atoms with Gasteiger partial charge in [0.05, 0.1) is 11.3 Å². The molecule has 0 aliphatic heterocycles. The zero-order chi connectivity index (χ0) is 15.0. The molecule has 0 aliphatic carbocycles. The molecule has 0 fully saturated rings. The highest BCUT2D eigenvalue weighted by Gasteiger charge is 2.13. The lowest BCUT2D eigenvalue weighted by Gasteiger charge is -2.10. The first-order chi connectivity index (χ1) is 9.54. The monoisotopic (exact) mass is 284 g/mol. The average Bonchev–Trinajstić information content (AvgIpc) is 2.38. The van der Waals surface area contributed by atoms with E-state index in [4.69, 9.17) is 9.84 Å². The van der Waals surface area contributed by atoms with Crippen LogP contribution >= 0.6 is 0 Å². The van der Waals surface area contributed by atoms with E-state index in [-0.39, 0.29) is 11.3 Å². The summed E-state index contributed by atoms with van der Waals surface area (Å²) in [6.07, 6.45) is 0.635. The molecule has 1 aromatic rings. The maximum absolute atomic E-state index is 13.1. The van der Waals surface area contributed by atoms with Crippen LogP contribution in [-0.2, 0) is 4.74 Å². The standard InChI is InChI=1S/C13H17FN2O4/c1-2-20-7-3-6-15-13(19)16-11-8-9(14)4-5-10(11)12(17)18/h4-5,8H,2-3,6-7H2,1H3,(H,17,18)(H2,15,16,19). The van der Waals surface area contributed by atoms with E-state index >= 15 is 0 Å². The Balaban J connectivity index is 2.53. The maximum Gasteiger partial charge on any atom is 0.337 e. The van der Waals surface area contributed by atoms with Crippen molar-refractivity contribution in [2.75, 3.05) is 25.1 Å². The van der Waals surface area contributed by atoms with Crippen molar-refractivity contribution in [3.8, 4) is 0 Å². The van der Waals surface area contributed by atoms with Crippen LogP contribution in [0.15, 0.2) is 18.2 Å². The van der Waals surface area contributed by atoms with Crippen molar-refractivity contribution in [1.29, 1.82) is 0 Å². The Morgan fingerprint density at radius 3 is 2.80 bits per heavy atom.